The Morgan fingerprint density at radius 2 is 2.20 bits per heavy atom. The summed E-state index contributed by atoms with van der Waals surface area (Å²) in [6, 6.07) is 11.4. The molecule has 0 saturated heterocycles. The Morgan fingerprint density at radius 1 is 1.32 bits per heavy atom. The Balaban J connectivity index is 1.58. The van der Waals surface area contributed by atoms with Crippen molar-refractivity contribution in [2.45, 2.75) is 33.0 Å². The highest BCUT2D eigenvalue weighted by Crippen LogP contribution is 2.24. The van der Waals surface area contributed by atoms with E-state index in [1.807, 2.05) is 55.6 Å². The van der Waals surface area contributed by atoms with Crippen LogP contribution in [0.2, 0.25) is 0 Å². The largest absolute Gasteiger partial charge is 0.462 e. The number of amides is 1. The van der Waals surface area contributed by atoms with Gasteiger partial charge in [0.15, 0.2) is 10.8 Å². The number of carbonyl (C=O) groups is 1. The van der Waals surface area contributed by atoms with Crippen molar-refractivity contribution in [2.24, 2.45) is 0 Å². The summed E-state index contributed by atoms with van der Waals surface area (Å²) in [5.41, 5.74) is 2.52. The van der Waals surface area contributed by atoms with Crippen molar-refractivity contribution in [3.05, 3.63) is 59.3 Å². The van der Waals surface area contributed by atoms with Crippen molar-refractivity contribution in [1.29, 1.82) is 0 Å². The fraction of sp³-hybridized carbons (Fsp3) is 0.263. The summed E-state index contributed by atoms with van der Waals surface area (Å²) >= 11 is 1.47. The molecule has 130 valence electrons. The van der Waals surface area contributed by atoms with Crippen LogP contribution in [-0.4, -0.2) is 17.0 Å². The zero-order chi connectivity index (χ0) is 17.6. The molecule has 0 unspecified atom stereocenters. The van der Waals surface area contributed by atoms with Gasteiger partial charge in [-0.15, -0.1) is 11.3 Å². The van der Waals surface area contributed by atoms with Crippen LogP contribution in [0.3, 0.4) is 0 Å². The highest BCUT2D eigenvalue weighted by Gasteiger charge is 2.11. The Kier molecular flexibility index (Phi) is 5.63. The average molecular weight is 356 g/mol. The second kappa shape index (κ2) is 8.09. The second-order valence-corrected chi connectivity index (χ2v) is 6.76. The smallest absolute Gasteiger partial charge is 0.230 e. The maximum atomic E-state index is 12.3. The molecule has 25 heavy (non-hydrogen) atoms. The molecule has 0 atom stereocenters. The number of nitrogens with one attached hydrogen (secondary N) is 1. The number of hydrogen-bond donors (Lipinski definition) is 1. The van der Waals surface area contributed by atoms with Crippen LogP contribution < -0.4 is 5.32 Å². The van der Waals surface area contributed by atoms with Crippen LogP contribution in [0.1, 0.15) is 25.1 Å². The summed E-state index contributed by atoms with van der Waals surface area (Å²) in [7, 11) is 0. The van der Waals surface area contributed by atoms with Crippen molar-refractivity contribution in [1.82, 2.24) is 4.98 Å². The van der Waals surface area contributed by atoms with Gasteiger partial charge < -0.3 is 14.5 Å². The van der Waals surface area contributed by atoms with Crippen LogP contribution in [0.25, 0.3) is 10.8 Å². The molecule has 5 nitrogen and oxygen atoms in total. The first-order valence-electron chi connectivity index (χ1n) is 8.09. The predicted octanol–water partition coefficient (Wildman–Crippen LogP) is 4.51. The molecule has 0 bridgehead atoms. The molecule has 1 amide bonds. The van der Waals surface area contributed by atoms with E-state index in [0.717, 1.165) is 27.7 Å². The van der Waals surface area contributed by atoms with Gasteiger partial charge in [0.1, 0.15) is 0 Å². The molecule has 1 aromatic carbocycles. The number of thiazole rings is 1. The van der Waals surface area contributed by atoms with Gasteiger partial charge >= 0.3 is 0 Å². The average Bonchev–Trinajstić information content (AvgIpc) is 3.24. The first-order valence-corrected chi connectivity index (χ1v) is 8.97. The number of aromatic nitrogens is 1. The van der Waals surface area contributed by atoms with Gasteiger partial charge in [0.05, 0.1) is 31.1 Å². The summed E-state index contributed by atoms with van der Waals surface area (Å²) in [5, 5.41) is 5.57. The summed E-state index contributed by atoms with van der Waals surface area (Å²) in [6.07, 6.45) is 2.01. The number of nitrogens with zero attached hydrogens (tertiary/aromatic N) is 1. The van der Waals surface area contributed by atoms with E-state index < -0.39 is 0 Å². The van der Waals surface area contributed by atoms with Gasteiger partial charge in [0, 0.05) is 11.1 Å². The van der Waals surface area contributed by atoms with Gasteiger partial charge in [-0.2, -0.15) is 0 Å². The molecule has 1 N–H and O–H groups in total. The van der Waals surface area contributed by atoms with Gasteiger partial charge in [-0.05, 0) is 43.7 Å². The maximum Gasteiger partial charge on any atom is 0.230 e. The molecule has 3 aromatic rings. The van der Waals surface area contributed by atoms with Crippen LogP contribution in [0.4, 0.5) is 5.69 Å². The molecule has 0 aliphatic rings. The van der Waals surface area contributed by atoms with E-state index in [2.05, 4.69) is 10.3 Å². The van der Waals surface area contributed by atoms with Gasteiger partial charge in [-0.1, -0.05) is 12.1 Å². The van der Waals surface area contributed by atoms with E-state index >= 15 is 0 Å². The lowest BCUT2D eigenvalue weighted by Gasteiger charge is -2.09. The first kappa shape index (κ1) is 17.4. The van der Waals surface area contributed by atoms with Crippen molar-refractivity contribution in [2.75, 3.05) is 5.32 Å². The third kappa shape index (κ3) is 5.01. The Morgan fingerprint density at radius 3 is 2.96 bits per heavy atom. The lowest BCUT2D eigenvalue weighted by Crippen LogP contribution is -2.14. The van der Waals surface area contributed by atoms with E-state index in [-0.39, 0.29) is 18.4 Å². The standard InChI is InChI=1S/C19H20N2O3S/c1-13(2)24-11-14-5-3-6-15(9-14)20-18(22)10-16-12-25-19(21-16)17-7-4-8-23-17/h3-9,12-13H,10-11H2,1-2H3,(H,20,22). The van der Waals surface area contributed by atoms with Crippen LogP contribution in [0, 0.1) is 0 Å². The van der Waals surface area contributed by atoms with E-state index in [1.165, 1.54) is 11.3 Å². The van der Waals surface area contributed by atoms with Gasteiger partial charge in [-0.3, -0.25) is 4.79 Å². The highest BCUT2D eigenvalue weighted by molar-refractivity contribution is 7.13. The van der Waals surface area contributed by atoms with Crippen LogP contribution in [0.5, 0.6) is 0 Å². The van der Waals surface area contributed by atoms with E-state index in [0.29, 0.717) is 6.61 Å². The minimum absolute atomic E-state index is 0.0989. The number of furan rings is 1. The monoisotopic (exact) mass is 356 g/mol. The predicted molar refractivity (Wildman–Crippen MR) is 98.5 cm³/mol. The summed E-state index contributed by atoms with van der Waals surface area (Å²) in [5.74, 6) is 0.618. The fourth-order valence-corrected chi connectivity index (χ4v) is 3.06. The minimum atomic E-state index is -0.0989. The topological polar surface area (TPSA) is 64.4 Å². The van der Waals surface area contributed by atoms with Crippen LogP contribution in [0.15, 0.2) is 52.5 Å². The molecule has 6 heteroatoms. The van der Waals surface area contributed by atoms with Crippen molar-refractivity contribution in [3.63, 3.8) is 0 Å². The molecule has 0 fully saturated rings. The second-order valence-electron chi connectivity index (χ2n) is 5.91. The Bertz CT molecular complexity index is 825. The molecular formula is C19H20N2O3S. The Hall–Kier alpha value is -2.44. The van der Waals surface area contributed by atoms with Gasteiger partial charge in [0.2, 0.25) is 5.91 Å². The van der Waals surface area contributed by atoms with Crippen molar-refractivity contribution < 1.29 is 13.9 Å². The summed E-state index contributed by atoms with van der Waals surface area (Å²) in [6.45, 7) is 4.52. The number of carbonyl (C=O) groups excluding carboxylic acids is 1. The van der Waals surface area contributed by atoms with E-state index in [1.54, 1.807) is 6.26 Å². The third-order valence-electron chi connectivity index (χ3n) is 3.42. The van der Waals surface area contributed by atoms with Crippen molar-refractivity contribution in [3.8, 4) is 10.8 Å². The molecule has 0 aliphatic heterocycles. The quantitative estimate of drug-likeness (QED) is 0.676. The molecule has 0 radical (unpaired) electrons. The lowest BCUT2D eigenvalue weighted by molar-refractivity contribution is -0.115. The Labute approximate surface area is 150 Å². The minimum Gasteiger partial charge on any atom is -0.462 e. The van der Waals surface area contributed by atoms with Gasteiger partial charge in [0.25, 0.3) is 0 Å². The zero-order valence-electron chi connectivity index (χ0n) is 14.2. The highest BCUT2D eigenvalue weighted by atomic mass is 32.1. The first-order chi connectivity index (χ1) is 12.1. The number of benzene rings is 1. The maximum absolute atomic E-state index is 12.3. The number of hydrogen-bond acceptors (Lipinski definition) is 5. The number of rotatable bonds is 7. The molecule has 0 aliphatic carbocycles. The van der Waals surface area contributed by atoms with Crippen LogP contribution in [-0.2, 0) is 22.6 Å². The lowest BCUT2D eigenvalue weighted by atomic mass is 10.2. The molecule has 0 saturated carbocycles. The number of ether oxygens (including phenoxy) is 1. The molecule has 3 rings (SSSR count). The molecule has 0 spiro atoms. The summed E-state index contributed by atoms with van der Waals surface area (Å²) in [4.78, 5) is 16.7. The SMILES string of the molecule is CC(C)OCc1cccc(NC(=O)Cc2csc(-c3ccco3)n2)c1. The fourth-order valence-electron chi connectivity index (χ4n) is 2.27. The van der Waals surface area contributed by atoms with Crippen molar-refractivity contribution >= 4 is 22.9 Å². The third-order valence-corrected chi connectivity index (χ3v) is 4.33. The molecule has 2 aromatic heterocycles. The summed E-state index contributed by atoms with van der Waals surface area (Å²) < 4.78 is 10.9. The zero-order valence-corrected chi connectivity index (χ0v) is 15.0. The van der Waals surface area contributed by atoms with Crippen LogP contribution >= 0.6 is 11.3 Å². The van der Waals surface area contributed by atoms with Gasteiger partial charge in [-0.25, -0.2) is 4.98 Å². The van der Waals surface area contributed by atoms with E-state index in [9.17, 15) is 4.79 Å². The number of anilines is 1. The van der Waals surface area contributed by atoms with E-state index in [4.69, 9.17) is 9.15 Å². The molecule has 2 heterocycles. The normalized spacial score (nSPS) is 11.0. The molecular weight excluding hydrogens is 336 g/mol.